The summed E-state index contributed by atoms with van der Waals surface area (Å²) in [7, 11) is 1.44. The van der Waals surface area contributed by atoms with Gasteiger partial charge in [-0.05, 0) is 60.2 Å². The maximum absolute atomic E-state index is 16.2. The number of anilines is 1. The van der Waals surface area contributed by atoms with Gasteiger partial charge in [0.2, 0.25) is 0 Å². The maximum Gasteiger partial charge on any atom is 0.318 e. The van der Waals surface area contributed by atoms with Crippen LogP contribution in [-0.2, 0) is 11.2 Å². The fourth-order valence-corrected chi connectivity index (χ4v) is 5.47. The molecular formula is C27H26F2N4O3. The molecule has 36 heavy (non-hydrogen) atoms. The number of hydrogen-bond donors (Lipinski definition) is 1. The van der Waals surface area contributed by atoms with Crippen LogP contribution in [0.3, 0.4) is 0 Å². The van der Waals surface area contributed by atoms with Crippen molar-refractivity contribution in [1.82, 2.24) is 15.0 Å². The highest BCUT2D eigenvalue weighted by Crippen LogP contribution is 2.42. The largest absolute Gasteiger partial charge is 0.508 e. The molecule has 0 radical (unpaired) electrons. The van der Waals surface area contributed by atoms with Crippen LogP contribution in [0.2, 0.25) is 0 Å². The zero-order valence-corrected chi connectivity index (χ0v) is 20.1. The first-order valence-corrected chi connectivity index (χ1v) is 12.2. The number of ether oxygens (including phenoxy) is 2. The highest BCUT2D eigenvalue weighted by molar-refractivity contribution is 6.01. The molecule has 1 saturated heterocycles. The number of aryl methyl sites for hydroxylation is 1. The van der Waals surface area contributed by atoms with E-state index in [0.29, 0.717) is 59.2 Å². The lowest BCUT2D eigenvalue weighted by molar-refractivity contribution is -0.106. The molecule has 6 rings (SSSR count). The van der Waals surface area contributed by atoms with Gasteiger partial charge in [0.25, 0.3) is 0 Å². The van der Waals surface area contributed by atoms with Crippen LogP contribution in [0.4, 0.5) is 14.6 Å². The third-order valence-corrected chi connectivity index (χ3v) is 7.40. The number of nitrogens with zero attached hydrogens (tertiary/aromatic N) is 4. The van der Waals surface area contributed by atoms with Crippen molar-refractivity contribution in [1.29, 1.82) is 0 Å². The number of aromatic nitrogens is 3. The van der Waals surface area contributed by atoms with Crippen LogP contribution in [0.1, 0.15) is 31.7 Å². The Bertz CT molecular complexity index is 1510. The monoisotopic (exact) mass is 492 g/mol. The highest BCUT2D eigenvalue weighted by Gasteiger charge is 2.43. The minimum absolute atomic E-state index is 0.0205. The molecule has 0 bridgehead atoms. The summed E-state index contributed by atoms with van der Waals surface area (Å²) in [5, 5.41) is 12.0. The third kappa shape index (κ3) is 3.52. The Morgan fingerprint density at radius 3 is 2.75 bits per heavy atom. The van der Waals surface area contributed by atoms with Crippen LogP contribution in [0.15, 0.2) is 30.5 Å². The number of benzene rings is 2. The predicted octanol–water partition coefficient (Wildman–Crippen LogP) is 5.16. The first-order chi connectivity index (χ1) is 17.4. The molecule has 4 aromatic rings. The van der Waals surface area contributed by atoms with Crippen molar-refractivity contribution >= 4 is 27.5 Å². The summed E-state index contributed by atoms with van der Waals surface area (Å²) < 4.78 is 42.3. The standard InChI is InChI=1S/C27H26F2N4O3/c1-3-17-20(28)6-5-15-11-16(34)12-18(21(15)17)23-22(29)24-19(13-30-23)25(32-26(31-24)35-2)33-9-10-36-27(14-33)7-4-8-27/h5-6,11-13,34H,3-4,7-10,14H2,1-2H3. The van der Waals surface area contributed by atoms with Gasteiger partial charge in [0.05, 0.1) is 24.7 Å². The number of hydrogen-bond acceptors (Lipinski definition) is 7. The van der Waals surface area contributed by atoms with Crippen LogP contribution in [0.5, 0.6) is 11.8 Å². The number of fused-ring (bicyclic) bond motifs is 2. The molecule has 0 atom stereocenters. The Labute approximate surface area is 206 Å². The molecule has 0 unspecified atom stereocenters. The van der Waals surface area contributed by atoms with E-state index in [1.807, 2.05) is 6.92 Å². The van der Waals surface area contributed by atoms with Gasteiger partial charge in [0, 0.05) is 24.8 Å². The molecule has 2 fully saturated rings. The summed E-state index contributed by atoms with van der Waals surface area (Å²) in [6, 6.07) is 5.93. The minimum atomic E-state index is -0.681. The molecule has 1 spiro atoms. The maximum atomic E-state index is 16.2. The molecule has 9 heteroatoms. The summed E-state index contributed by atoms with van der Waals surface area (Å²) in [5.74, 6) is -0.584. The number of pyridine rings is 1. The van der Waals surface area contributed by atoms with E-state index in [9.17, 15) is 9.50 Å². The Balaban J connectivity index is 1.57. The van der Waals surface area contributed by atoms with Gasteiger partial charge in [0.1, 0.15) is 28.6 Å². The van der Waals surface area contributed by atoms with Gasteiger partial charge >= 0.3 is 6.01 Å². The van der Waals surface area contributed by atoms with Crippen LogP contribution in [-0.4, -0.2) is 52.5 Å². The van der Waals surface area contributed by atoms with Crippen LogP contribution in [0.25, 0.3) is 32.9 Å². The first kappa shape index (κ1) is 22.8. The van der Waals surface area contributed by atoms with Gasteiger partial charge in [-0.25, -0.2) is 8.78 Å². The number of halogens is 2. The van der Waals surface area contributed by atoms with Gasteiger partial charge < -0.3 is 19.5 Å². The topological polar surface area (TPSA) is 80.6 Å². The Hall–Kier alpha value is -3.59. The molecule has 3 heterocycles. The number of rotatable bonds is 4. The van der Waals surface area contributed by atoms with E-state index in [1.165, 1.54) is 25.3 Å². The second-order valence-electron chi connectivity index (χ2n) is 9.49. The molecule has 2 aliphatic rings. The van der Waals surface area contributed by atoms with Crippen molar-refractivity contribution < 1.29 is 23.4 Å². The van der Waals surface area contributed by atoms with Crippen LogP contribution < -0.4 is 9.64 Å². The van der Waals surface area contributed by atoms with E-state index in [2.05, 4.69) is 19.9 Å². The lowest BCUT2D eigenvalue weighted by atomic mass is 9.79. The van der Waals surface area contributed by atoms with Crippen molar-refractivity contribution in [2.24, 2.45) is 0 Å². The number of aromatic hydroxyl groups is 1. The zero-order valence-electron chi connectivity index (χ0n) is 20.1. The van der Waals surface area contributed by atoms with E-state index >= 15 is 4.39 Å². The third-order valence-electron chi connectivity index (χ3n) is 7.40. The van der Waals surface area contributed by atoms with Crippen LogP contribution >= 0.6 is 0 Å². The van der Waals surface area contributed by atoms with E-state index in [-0.39, 0.29) is 34.4 Å². The first-order valence-electron chi connectivity index (χ1n) is 12.2. The van der Waals surface area contributed by atoms with E-state index in [1.54, 1.807) is 12.3 Å². The van der Waals surface area contributed by atoms with Crippen LogP contribution in [0, 0.1) is 11.6 Å². The van der Waals surface area contributed by atoms with E-state index in [0.717, 1.165) is 19.3 Å². The lowest BCUT2D eigenvalue weighted by Crippen LogP contribution is -2.56. The fourth-order valence-electron chi connectivity index (χ4n) is 5.47. The Kier molecular flexibility index (Phi) is 5.40. The van der Waals surface area contributed by atoms with Crippen molar-refractivity contribution in [3.8, 4) is 23.0 Å². The summed E-state index contributed by atoms with van der Waals surface area (Å²) in [5.41, 5.74) is 0.591. The smallest absolute Gasteiger partial charge is 0.318 e. The summed E-state index contributed by atoms with van der Waals surface area (Å²) in [6.45, 7) is 3.65. The molecule has 7 nitrogen and oxygen atoms in total. The molecule has 1 aliphatic carbocycles. The molecule has 1 N–H and O–H groups in total. The molecule has 1 saturated carbocycles. The van der Waals surface area contributed by atoms with Gasteiger partial charge in [-0.1, -0.05) is 13.0 Å². The van der Waals surface area contributed by atoms with Gasteiger partial charge in [-0.3, -0.25) is 4.98 Å². The number of methoxy groups -OCH3 is 1. The summed E-state index contributed by atoms with van der Waals surface area (Å²) >= 11 is 0. The van der Waals surface area contributed by atoms with Crippen molar-refractivity contribution in [2.75, 3.05) is 31.7 Å². The SMILES string of the molecule is CCc1c(F)ccc2cc(O)cc(-c3ncc4c(N5CCOC6(CCC6)C5)nc(OC)nc4c3F)c12. The van der Waals surface area contributed by atoms with Gasteiger partial charge in [0.15, 0.2) is 5.82 Å². The highest BCUT2D eigenvalue weighted by atomic mass is 19.1. The van der Waals surface area contributed by atoms with E-state index in [4.69, 9.17) is 9.47 Å². The minimum Gasteiger partial charge on any atom is -0.508 e. The quantitative estimate of drug-likeness (QED) is 0.422. The number of phenolic OH excluding ortho intramolecular Hbond substituents is 1. The Morgan fingerprint density at radius 1 is 1.19 bits per heavy atom. The second-order valence-corrected chi connectivity index (χ2v) is 9.49. The predicted molar refractivity (Wildman–Crippen MR) is 133 cm³/mol. The van der Waals surface area contributed by atoms with Gasteiger partial charge in [-0.15, -0.1) is 0 Å². The second kappa shape index (κ2) is 8.51. The molecular weight excluding hydrogens is 466 g/mol. The number of phenols is 1. The molecule has 0 amide bonds. The average Bonchev–Trinajstić information content (AvgIpc) is 2.87. The zero-order chi connectivity index (χ0) is 25.0. The molecule has 1 aliphatic heterocycles. The normalized spacial score (nSPS) is 17.1. The summed E-state index contributed by atoms with van der Waals surface area (Å²) in [4.78, 5) is 15.4. The average molecular weight is 493 g/mol. The fraction of sp³-hybridized carbons (Fsp3) is 0.370. The Morgan fingerprint density at radius 2 is 2.03 bits per heavy atom. The molecule has 2 aromatic carbocycles. The van der Waals surface area contributed by atoms with Gasteiger partial charge in [-0.2, -0.15) is 9.97 Å². The van der Waals surface area contributed by atoms with Crippen molar-refractivity contribution in [3.05, 3.63) is 47.7 Å². The molecule has 2 aromatic heterocycles. The lowest BCUT2D eigenvalue weighted by Gasteiger charge is -2.48. The summed E-state index contributed by atoms with van der Waals surface area (Å²) in [6.07, 6.45) is 5.04. The van der Waals surface area contributed by atoms with Crippen molar-refractivity contribution in [2.45, 2.75) is 38.2 Å². The van der Waals surface area contributed by atoms with E-state index < -0.39 is 5.82 Å². The number of morpholine rings is 1. The van der Waals surface area contributed by atoms with Crippen molar-refractivity contribution in [3.63, 3.8) is 0 Å². The molecule has 186 valence electrons.